The van der Waals surface area contributed by atoms with Gasteiger partial charge in [0.2, 0.25) is 5.91 Å². The third-order valence-electron chi connectivity index (χ3n) is 3.35. The number of ether oxygens (including phenoxy) is 2. The monoisotopic (exact) mass is 349 g/mol. The van der Waals surface area contributed by atoms with Gasteiger partial charge in [0.25, 0.3) is 0 Å². The molecule has 1 aromatic heterocycles. The topological polar surface area (TPSA) is 63.7 Å². The molecule has 2 rings (SSSR count). The van der Waals surface area contributed by atoms with Crippen LogP contribution in [0.3, 0.4) is 0 Å². The number of likely N-dealkylation sites (N-methyl/N-ethyl adjacent to an activating group) is 1. The third-order valence-corrected chi connectivity index (χ3v) is 3.65. The van der Waals surface area contributed by atoms with Crippen molar-refractivity contribution in [2.75, 3.05) is 33.1 Å². The number of pyridine rings is 1. The first-order valence-electron chi connectivity index (χ1n) is 7.33. The van der Waals surface area contributed by atoms with Crippen LogP contribution in [0.1, 0.15) is 5.56 Å². The zero-order chi connectivity index (χ0) is 17.5. The van der Waals surface area contributed by atoms with Crippen LogP contribution in [0.4, 0.5) is 5.69 Å². The lowest BCUT2D eigenvalue weighted by atomic mass is 10.2. The number of halogens is 1. The number of anilines is 1. The minimum atomic E-state index is -0.159. The molecule has 0 fully saturated rings. The van der Waals surface area contributed by atoms with E-state index in [0.29, 0.717) is 23.7 Å². The van der Waals surface area contributed by atoms with Gasteiger partial charge >= 0.3 is 0 Å². The highest BCUT2D eigenvalue weighted by molar-refractivity contribution is 6.32. The summed E-state index contributed by atoms with van der Waals surface area (Å²) >= 11 is 5.93. The molecule has 0 aliphatic carbocycles. The minimum absolute atomic E-state index is 0.159. The van der Waals surface area contributed by atoms with E-state index in [1.807, 2.05) is 30.1 Å². The largest absolute Gasteiger partial charge is 0.493 e. The van der Waals surface area contributed by atoms with Crippen LogP contribution in [0.5, 0.6) is 11.5 Å². The molecule has 0 spiro atoms. The maximum absolute atomic E-state index is 12.1. The van der Waals surface area contributed by atoms with Crippen molar-refractivity contribution in [3.63, 3.8) is 0 Å². The smallest absolute Gasteiger partial charge is 0.238 e. The second-order valence-corrected chi connectivity index (χ2v) is 5.61. The predicted molar refractivity (Wildman–Crippen MR) is 93.8 cm³/mol. The Balaban J connectivity index is 1.94. The average molecular weight is 350 g/mol. The fourth-order valence-electron chi connectivity index (χ4n) is 2.26. The Bertz CT molecular complexity index is 709. The van der Waals surface area contributed by atoms with Crippen molar-refractivity contribution in [2.24, 2.45) is 0 Å². The van der Waals surface area contributed by atoms with Crippen molar-refractivity contribution in [3.8, 4) is 11.5 Å². The standard InChI is InChI=1S/C17H20ClN3O3/c1-21(10-12-6-7-14(23-2)15(9-12)24-3)11-16(22)20-13-5-4-8-19-17(13)18/h4-9H,10-11H2,1-3H3,(H,20,22). The summed E-state index contributed by atoms with van der Waals surface area (Å²) in [4.78, 5) is 17.9. The molecule has 24 heavy (non-hydrogen) atoms. The first kappa shape index (κ1) is 18.0. The highest BCUT2D eigenvalue weighted by atomic mass is 35.5. The fraction of sp³-hybridized carbons (Fsp3) is 0.294. The molecule has 0 radical (unpaired) electrons. The van der Waals surface area contributed by atoms with Crippen molar-refractivity contribution in [1.82, 2.24) is 9.88 Å². The van der Waals surface area contributed by atoms with Crippen LogP contribution in [-0.2, 0) is 11.3 Å². The molecule has 0 saturated carbocycles. The summed E-state index contributed by atoms with van der Waals surface area (Å²) in [6.45, 7) is 0.814. The summed E-state index contributed by atoms with van der Waals surface area (Å²) in [6.07, 6.45) is 1.57. The van der Waals surface area contributed by atoms with E-state index in [2.05, 4.69) is 10.3 Å². The number of aromatic nitrogens is 1. The van der Waals surface area contributed by atoms with Crippen LogP contribution in [0.15, 0.2) is 36.5 Å². The van der Waals surface area contributed by atoms with E-state index in [1.165, 1.54) is 0 Å². The summed E-state index contributed by atoms with van der Waals surface area (Å²) in [5.41, 5.74) is 1.52. The van der Waals surface area contributed by atoms with Crippen molar-refractivity contribution < 1.29 is 14.3 Å². The molecule has 7 heteroatoms. The van der Waals surface area contributed by atoms with E-state index >= 15 is 0 Å². The number of rotatable bonds is 7. The maximum Gasteiger partial charge on any atom is 0.238 e. The molecular weight excluding hydrogens is 330 g/mol. The Kier molecular flexibility index (Phi) is 6.40. The molecular formula is C17H20ClN3O3. The minimum Gasteiger partial charge on any atom is -0.493 e. The molecule has 0 unspecified atom stereocenters. The van der Waals surface area contributed by atoms with Gasteiger partial charge in [0.05, 0.1) is 26.5 Å². The highest BCUT2D eigenvalue weighted by Gasteiger charge is 2.11. The lowest BCUT2D eigenvalue weighted by Gasteiger charge is -2.17. The number of benzene rings is 1. The van der Waals surface area contributed by atoms with E-state index in [0.717, 1.165) is 5.56 Å². The fourth-order valence-corrected chi connectivity index (χ4v) is 2.43. The molecule has 0 atom stereocenters. The van der Waals surface area contributed by atoms with Gasteiger partial charge in [0.15, 0.2) is 16.7 Å². The molecule has 0 aliphatic heterocycles. The summed E-state index contributed by atoms with van der Waals surface area (Å²) < 4.78 is 10.5. The van der Waals surface area contributed by atoms with E-state index in [1.54, 1.807) is 32.5 Å². The Morgan fingerprint density at radius 3 is 2.67 bits per heavy atom. The summed E-state index contributed by atoms with van der Waals surface area (Å²) in [6, 6.07) is 9.10. The number of nitrogens with one attached hydrogen (secondary N) is 1. The normalized spacial score (nSPS) is 10.5. The number of hydrogen-bond acceptors (Lipinski definition) is 5. The lowest BCUT2D eigenvalue weighted by Crippen LogP contribution is -2.30. The van der Waals surface area contributed by atoms with E-state index in [4.69, 9.17) is 21.1 Å². The number of nitrogens with zero attached hydrogens (tertiary/aromatic N) is 2. The number of carbonyl (C=O) groups excluding carboxylic acids is 1. The van der Waals surface area contributed by atoms with Gasteiger partial charge in [0, 0.05) is 12.7 Å². The molecule has 6 nitrogen and oxygen atoms in total. The Hall–Kier alpha value is -2.31. The molecule has 2 aromatic rings. The van der Waals surface area contributed by atoms with Gasteiger partial charge in [-0.2, -0.15) is 0 Å². The van der Waals surface area contributed by atoms with Crippen LogP contribution in [0.2, 0.25) is 5.15 Å². The van der Waals surface area contributed by atoms with Gasteiger partial charge in [-0.15, -0.1) is 0 Å². The van der Waals surface area contributed by atoms with Crippen LogP contribution in [0, 0.1) is 0 Å². The SMILES string of the molecule is COc1ccc(CN(C)CC(=O)Nc2cccnc2Cl)cc1OC. The molecule has 128 valence electrons. The Morgan fingerprint density at radius 2 is 2.00 bits per heavy atom. The van der Waals surface area contributed by atoms with Crippen molar-refractivity contribution in [1.29, 1.82) is 0 Å². The van der Waals surface area contributed by atoms with Gasteiger partial charge in [-0.1, -0.05) is 17.7 Å². The van der Waals surface area contributed by atoms with Gasteiger partial charge in [-0.3, -0.25) is 9.69 Å². The molecule has 1 aromatic carbocycles. The van der Waals surface area contributed by atoms with Crippen molar-refractivity contribution >= 4 is 23.2 Å². The van der Waals surface area contributed by atoms with Crippen LogP contribution in [0.25, 0.3) is 0 Å². The number of amides is 1. The number of carbonyl (C=O) groups is 1. The lowest BCUT2D eigenvalue weighted by molar-refractivity contribution is -0.117. The third kappa shape index (κ3) is 4.84. The molecule has 1 N–H and O–H groups in total. The van der Waals surface area contributed by atoms with Crippen molar-refractivity contribution in [2.45, 2.75) is 6.54 Å². The summed E-state index contributed by atoms with van der Waals surface area (Å²) in [5, 5.41) is 3.02. The first-order valence-corrected chi connectivity index (χ1v) is 7.71. The molecule has 1 heterocycles. The second kappa shape index (κ2) is 8.52. The Morgan fingerprint density at radius 1 is 1.25 bits per heavy atom. The van der Waals surface area contributed by atoms with E-state index < -0.39 is 0 Å². The van der Waals surface area contributed by atoms with Crippen LogP contribution < -0.4 is 14.8 Å². The molecule has 0 bridgehead atoms. The Labute approximate surface area is 146 Å². The van der Waals surface area contributed by atoms with E-state index in [9.17, 15) is 4.79 Å². The summed E-state index contributed by atoms with van der Waals surface area (Å²) in [5.74, 6) is 1.18. The predicted octanol–water partition coefficient (Wildman–Crippen LogP) is 2.82. The quantitative estimate of drug-likeness (QED) is 0.779. The van der Waals surface area contributed by atoms with Gasteiger partial charge in [0.1, 0.15) is 0 Å². The first-order chi connectivity index (χ1) is 11.5. The molecule has 1 amide bonds. The molecule has 0 aliphatic rings. The number of hydrogen-bond donors (Lipinski definition) is 1. The van der Waals surface area contributed by atoms with E-state index in [-0.39, 0.29) is 17.6 Å². The zero-order valence-corrected chi connectivity index (χ0v) is 14.6. The van der Waals surface area contributed by atoms with Gasteiger partial charge in [-0.05, 0) is 36.9 Å². The maximum atomic E-state index is 12.1. The van der Waals surface area contributed by atoms with Gasteiger partial charge < -0.3 is 14.8 Å². The second-order valence-electron chi connectivity index (χ2n) is 5.25. The average Bonchev–Trinajstić information content (AvgIpc) is 2.56. The molecule has 0 saturated heterocycles. The summed E-state index contributed by atoms with van der Waals surface area (Å²) in [7, 11) is 5.05. The zero-order valence-electron chi connectivity index (χ0n) is 13.9. The van der Waals surface area contributed by atoms with Gasteiger partial charge in [-0.25, -0.2) is 4.98 Å². The van der Waals surface area contributed by atoms with Crippen LogP contribution >= 0.6 is 11.6 Å². The highest BCUT2D eigenvalue weighted by Crippen LogP contribution is 2.27. The van der Waals surface area contributed by atoms with Crippen molar-refractivity contribution in [3.05, 3.63) is 47.2 Å². The number of methoxy groups -OCH3 is 2. The van der Waals surface area contributed by atoms with Crippen LogP contribution in [-0.4, -0.2) is 43.6 Å².